The Labute approximate surface area is 153 Å². The Hall–Kier alpha value is -2.57. The molecule has 7 heteroatoms. The molecular formula is C19H26N4O3. The van der Waals surface area contributed by atoms with Crippen molar-refractivity contribution in [2.24, 2.45) is 13.0 Å². The number of nitrogens with zero attached hydrogens (tertiary/aromatic N) is 3. The summed E-state index contributed by atoms with van der Waals surface area (Å²) in [6.45, 7) is 5.57. The molecule has 1 aliphatic rings. The summed E-state index contributed by atoms with van der Waals surface area (Å²) in [6.07, 6.45) is 3.36. The van der Waals surface area contributed by atoms with E-state index in [-0.39, 0.29) is 17.7 Å². The van der Waals surface area contributed by atoms with Crippen LogP contribution >= 0.6 is 0 Å². The fourth-order valence-electron chi connectivity index (χ4n) is 3.46. The summed E-state index contributed by atoms with van der Waals surface area (Å²) in [7, 11) is 1.89. The summed E-state index contributed by atoms with van der Waals surface area (Å²) in [5.41, 5.74) is 2.95. The van der Waals surface area contributed by atoms with Crippen LogP contribution in [0.1, 0.15) is 35.6 Å². The minimum atomic E-state index is -0.0455. The third-order valence-electron chi connectivity index (χ3n) is 5.22. The summed E-state index contributed by atoms with van der Waals surface area (Å²) in [5, 5.41) is 7.28. The molecule has 2 aromatic heterocycles. The number of amides is 2. The highest BCUT2D eigenvalue weighted by Gasteiger charge is 2.28. The van der Waals surface area contributed by atoms with Crippen LogP contribution in [0.4, 0.5) is 0 Å². The first kappa shape index (κ1) is 18.2. The Morgan fingerprint density at radius 2 is 2.04 bits per heavy atom. The van der Waals surface area contributed by atoms with Gasteiger partial charge >= 0.3 is 0 Å². The number of carbonyl (C=O) groups excluding carboxylic acids is 2. The summed E-state index contributed by atoms with van der Waals surface area (Å²) >= 11 is 0. The van der Waals surface area contributed by atoms with E-state index in [2.05, 4.69) is 10.4 Å². The minimum absolute atomic E-state index is 0.0347. The van der Waals surface area contributed by atoms with Crippen molar-refractivity contribution in [3.05, 3.63) is 41.1 Å². The number of piperidine rings is 1. The lowest BCUT2D eigenvalue weighted by atomic mass is 9.95. The Kier molecular flexibility index (Phi) is 5.44. The molecule has 3 heterocycles. The van der Waals surface area contributed by atoms with Crippen LogP contribution in [-0.2, 0) is 29.6 Å². The Balaban J connectivity index is 1.48. The molecule has 0 bridgehead atoms. The number of hydrogen-bond acceptors (Lipinski definition) is 4. The molecule has 0 aliphatic carbocycles. The van der Waals surface area contributed by atoms with Crippen LogP contribution in [-0.4, -0.2) is 39.6 Å². The van der Waals surface area contributed by atoms with Gasteiger partial charge in [0.1, 0.15) is 5.76 Å². The predicted octanol–water partition coefficient (Wildman–Crippen LogP) is 1.73. The minimum Gasteiger partial charge on any atom is -0.467 e. The summed E-state index contributed by atoms with van der Waals surface area (Å²) < 4.78 is 7.04. The van der Waals surface area contributed by atoms with Crippen LogP contribution in [0, 0.1) is 19.8 Å². The van der Waals surface area contributed by atoms with Crippen LogP contribution in [0.2, 0.25) is 0 Å². The number of furan rings is 1. The van der Waals surface area contributed by atoms with Crippen molar-refractivity contribution in [3.63, 3.8) is 0 Å². The molecule has 1 N–H and O–H groups in total. The lowest BCUT2D eigenvalue weighted by molar-refractivity contribution is -0.135. The SMILES string of the molecule is Cc1nn(C)c(C)c1CC(=O)N1CCC(C(=O)NCc2ccco2)CC1. The van der Waals surface area contributed by atoms with Crippen molar-refractivity contribution in [3.8, 4) is 0 Å². The van der Waals surface area contributed by atoms with Crippen LogP contribution < -0.4 is 5.32 Å². The molecule has 0 radical (unpaired) electrons. The van der Waals surface area contributed by atoms with Gasteiger partial charge < -0.3 is 14.6 Å². The maximum atomic E-state index is 12.6. The van der Waals surface area contributed by atoms with E-state index in [1.807, 2.05) is 36.5 Å². The van der Waals surface area contributed by atoms with E-state index in [4.69, 9.17) is 4.42 Å². The molecule has 26 heavy (non-hydrogen) atoms. The van der Waals surface area contributed by atoms with Gasteiger partial charge in [0.05, 0.1) is 24.9 Å². The average Bonchev–Trinajstić information content (AvgIpc) is 3.24. The number of likely N-dealkylation sites (tertiary alicyclic amines) is 1. The first-order valence-electron chi connectivity index (χ1n) is 9.02. The third kappa shape index (κ3) is 3.98. The van der Waals surface area contributed by atoms with Crippen LogP contribution in [0.15, 0.2) is 22.8 Å². The molecule has 0 unspecified atom stereocenters. The summed E-state index contributed by atoms with van der Waals surface area (Å²) in [4.78, 5) is 26.8. The molecular weight excluding hydrogens is 332 g/mol. The monoisotopic (exact) mass is 358 g/mol. The zero-order valence-electron chi connectivity index (χ0n) is 15.6. The lowest BCUT2D eigenvalue weighted by Gasteiger charge is -2.31. The number of aromatic nitrogens is 2. The van der Waals surface area contributed by atoms with Crippen molar-refractivity contribution in [1.82, 2.24) is 20.0 Å². The second-order valence-electron chi connectivity index (χ2n) is 6.90. The second kappa shape index (κ2) is 7.76. The standard InChI is InChI=1S/C19H26N4O3/c1-13-17(14(2)22(3)21-13)11-18(24)23-8-6-15(7-9-23)19(25)20-12-16-5-4-10-26-16/h4-5,10,15H,6-9,11-12H2,1-3H3,(H,20,25). The van der Waals surface area contributed by atoms with E-state index in [1.54, 1.807) is 12.3 Å². The van der Waals surface area contributed by atoms with Crippen molar-refractivity contribution in [2.75, 3.05) is 13.1 Å². The average molecular weight is 358 g/mol. The van der Waals surface area contributed by atoms with Gasteiger partial charge in [-0.3, -0.25) is 14.3 Å². The predicted molar refractivity (Wildman–Crippen MR) is 96.2 cm³/mol. The molecule has 0 saturated carbocycles. The van der Waals surface area contributed by atoms with Crippen molar-refractivity contribution >= 4 is 11.8 Å². The normalized spacial score (nSPS) is 15.3. The van der Waals surface area contributed by atoms with E-state index < -0.39 is 0 Å². The number of hydrogen-bond donors (Lipinski definition) is 1. The Morgan fingerprint density at radius 1 is 1.31 bits per heavy atom. The fourth-order valence-corrected chi connectivity index (χ4v) is 3.46. The van der Waals surface area contributed by atoms with Gasteiger partial charge in [0, 0.05) is 37.3 Å². The number of nitrogens with one attached hydrogen (secondary N) is 1. The molecule has 1 aliphatic heterocycles. The molecule has 0 spiro atoms. The quantitative estimate of drug-likeness (QED) is 0.883. The highest BCUT2D eigenvalue weighted by Crippen LogP contribution is 2.20. The molecule has 7 nitrogen and oxygen atoms in total. The first-order valence-corrected chi connectivity index (χ1v) is 9.02. The number of carbonyl (C=O) groups is 2. The molecule has 0 aromatic carbocycles. The largest absolute Gasteiger partial charge is 0.467 e. The third-order valence-corrected chi connectivity index (χ3v) is 5.22. The maximum absolute atomic E-state index is 12.6. The molecule has 2 amide bonds. The molecule has 2 aromatic rings. The van der Waals surface area contributed by atoms with Crippen molar-refractivity contribution in [2.45, 2.75) is 39.7 Å². The maximum Gasteiger partial charge on any atom is 0.227 e. The van der Waals surface area contributed by atoms with Crippen LogP contribution in [0.3, 0.4) is 0 Å². The zero-order chi connectivity index (χ0) is 18.7. The summed E-state index contributed by atoms with van der Waals surface area (Å²) in [6, 6.07) is 3.64. The van der Waals surface area contributed by atoms with E-state index in [1.165, 1.54) is 0 Å². The van der Waals surface area contributed by atoms with Gasteiger partial charge in [0.2, 0.25) is 11.8 Å². The van der Waals surface area contributed by atoms with Gasteiger partial charge in [0.25, 0.3) is 0 Å². The number of aryl methyl sites for hydroxylation is 2. The molecule has 1 fully saturated rings. The first-order chi connectivity index (χ1) is 12.5. The van der Waals surface area contributed by atoms with E-state index in [0.717, 1.165) is 22.7 Å². The van der Waals surface area contributed by atoms with Gasteiger partial charge in [-0.15, -0.1) is 0 Å². The smallest absolute Gasteiger partial charge is 0.227 e. The second-order valence-corrected chi connectivity index (χ2v) is 6.90. The zero-order valence-corrected chi connectivity index (χ0v) is 15.6. The molecule has 0 atom stereocenters. The highest BCUT2D eigenvalue weighted by atomic mass is 16.3. The molecule has 140 valence electrons. The highest BCUT2D eigenvalue weighted by molar-refractivity contribution is 5.81. The number of rotatable bonds is 5. The van der Waals surface area contributed by atoms with E-state index in [0.29, 0.717) is 38.9 Å². The van der Waals surface area contributed by atoms with E-state index >= 15 is 0 Å². The summed E-state index contributed by atoms with van der Waals surface area (Å²) in [5.74, 6) is 0.843. The Morgan fingerprint density at radius 3 is 2.62 bits per heavy atom. The van der Waals surface area contributed by atoms with Gasteiger partial charge in [0.15, 0.2) is 0 Å². The van der Waals surface area contributed by atoms with Crippen molar-refractivity contribution < 1.29 is 14.0 Å². The topological polar surface area (TPSA) is 80.4 Å². The molecule has 1 saturated heterocycles. The molecule has 3 rings (SSSR count). The van der Waals surface area contributed by atoms with Gasteiger partial charge in [-0.1, -0.05) is 0 Å². The van der Waals surface area contributed by atoms with Gasteiger partial charge in [-0.2, -0.15) is 5.10 Å². The van der Waals surface area contributed by atoms with E-state index in [9.17, 15) is 9.59 Å². The van der Waals surface area contributed by atoms with Gasteiger partial charge in [-0.25, -0.2) is 0 Å². The van der Waals surface area contributed by atoms with Crippen LogP contribution in [0.5, 0.6) is 0 Å². The lowest BCUT2D eigenvalue weighted by Crippen LogP contribution is -2.43. The van der Waals surface area contributed by atoms with Gasteiger partial charge in [-0.05, 0) is 38.8 Å². The van der Waals surface area contributed by atoms with Crippen molar-refractivity contribution in [1.29, 1.82) is 0 Å². The Bertz CT molecular complexity index is 771. The fraction of sp³-hybridized carbons (Fsp3) is 0.526. The van der Waals surface area contributed by atoms with Crippen LogP contribution in [0.25, 0.3) is 0 Å².